The standard InChI is InChI=1S/C24H25FN6O3S/c1-15(34-14-16-6-4-3-5-7-16)20-9-8-19-21(35(27,33)30-20)13-31(2)23(19)24(32)29-17-10-18(12-26)28-22(25)11-17/h3-7,10-11,13,15,20H,8-9,14H2,1-2H3,(H2,27,30,33)(H,28,29,32)/t15-,20-,35?/m1/s1. The number of benzene rings is 1. The highest BCUT2D eigenvalue weighted by Gasteiger charge is 2.33. The van der Waals surface area contributed by atoms with Crippen LogP contribution in [-0.4, -0.2) is 31.8 Å². The Balaban J connectivity index is 1.55. The zero-order chi connectivity index (χ0) is 25.2. The number of hydrogen-bond acceptors (Lipinski definition) is 6. The summed E-state index contributed by atoms with van der Waals surface area (Å²) in [4.78, 5) is 16.8. The van der Waals surface area contributed by atoms with E-state index in [2.05, 4.69) is 15.0 Å². The monoisotopic (exact) mass is 496 g/mol. The van der Waals surface area contributed by atoms with Crippen molar-refractivity contribution in [1.82, 2.24) is 14.3 Å². The minimum atomic E-state index is -3.42. The number of aryl methyl sites for hydroxylation is 1. The first-order valence-electron chi connectivity index (χ1n) is 11.0. The fourth-order valence-corrected chi connectivity index (χ4v) is 5.85. The molecule has 1 unspecified atom stereocenters. The van der Waals surface area contributed by atoms with E-state index in [-0.39, 0.29) is 34.1 Å². The van der Waals surface area contributed by atoms with Gasteiger partial charge in [-0.1, -0.05) is 30.3 Å². The van der Waals surface area contributed by atoms with Gasteiger partial charge in [0.1, 0.15) is 27.4 Å². The summed E-state index contributed by atoms with van der Waals surface area (Å²) in [6.45, 7) is 2.25. The molecule has 35 heavy (non-hydrogen) atoms. The normalized spacial score (nSPS) is 20.3. The molecule has 3 aromatic rings. The van der Waals surface area contributed by atoms with E-state index >= 15 is 0 Å². The first-order chi connectivity index (χ1) is 16.7. The molecule has 0 bridgehead atoms. The van der Waals surface area contributed by atoms with Gasteiger partial charge in [-0.2, -0.15) is 9.65 Å². The van der Waals surface area contributed by atoms with E-state index in [0.717, 1.165) is 11.6 Å². The Bertz CT molecular complexity index is 1400. The van der Waals surface area contributed by atoms with Crippen molar-refractivity contribution in [2.24, 2.45) is 7.05 Å². The lowest BCUT2D eigenvalue weighted by Gasteiger charge is -2.24. The number of nitriles is 1. The van der Waals surface area contributed by atoms with E-state index in [1.54, 1.807) is 13.1 Å². The highest BCUT2D eigenvalue weighted by atomic mass is 32.2. The van der Waals surface area contributed by atoms with Gasteiger partial charge in [0, 0.05) is 36.6 Å². The Hall–Kier alpha value is -3.59. The minimum absolute atomic E-state index is 0.0770. The molecule has 0 saturated carbocycles. The van der Waals surface area contributed by atoms with Crippen LogP contribution in [0, 0.1) is 22.1 Å². The molecule has 9 nitrogen and oxygen atoms in total. The number of nitrogens with one attached hydrogen (secondary N) is 3. The summed E-state index contributed by atoms with van der Waals surface area (Å²) >= 11 is 0. The van der Waals surface area contributed by atoms with E-state index in [9.17, 15) is 13.4 Å². The van der Waals surface area contributed by atoms with Crippen LogP contribution in [-0.2, 0) is 34.7 Å². The van der Waals surface area contributed by atoms with E-state index in [1.165, 1.54) is 16.8 Å². The minimum Gasteiger partial charge on any atom is -0.372 e. The number of carbonyl (C=O) groups is 1. The summed E-state index contributed by atoms with van der Waals surface area (Å²) in [5, 5.41) is 11.6. The Morgan fingerprint density at radius 1 is 1.43 bits per heavy atom. The van der Waals surface area contributed by atoms with Crippen LogP contribution in [0.15, 0.2) is 53.6 Å². The third-order valence-electron chi connectivity index (χ3n) is 5.88. The average Bonchev–Trinajstić information content (AvgIpc) is 3.11. The molecule has 0 radical (unpaired) electrons. The number of pyridine rings is 1. The Morgan fingerprint density at radius 2 is 2.17 bits per heavy atom. The molecule has 3 atom stereocenters. The quantitative estimate of drug-likeness (QED) is 0.449. The molecular weight excluding hydrogens is 471 g/mol. The largest absolute Gasteiger partial charge is 0.372 e. The SMILES string of the molecule is C[C@@H](OCc1ccccc1)[C@H]1CCc2c(cn(C)c2C(=O)Nc2cc(F)nc(C#N)c2)S(=N)(=O)N1. The molecule has 1 aliphatic heterocycles. The lowest BCUT2D eigenvalue weighted by atomic mass is 10.0. The smallest absolute Gasteiger partial charge is 0.272 e. The molecule has 0 saturated heterocycles. The highest BCUT2D eigenvalue weighted by Crippen LogP contribution is 2.29. The van der Waals surface area contributed by atoms with E-state index in [0.29, 0.717) is 25.0 Å². The molecule has 0 spiro atoms. The van der Waals surface area contributed by atoms with Gasteiger partial charge < -0.3 is 14.6 Å². The van der Waals surface area contributed by atoms with Gasteiger partial charge in [0.25, 0.3) is 5.91 Å². The summed E-state index contributed by atoms with van der Waals surface area (Å²) < 4.78 is 46.0. The fourth-order valence-electron chi connectivity index (χ4n) is 4.14. The maximum Gasteiger partial charge on any atom is 0.272 e. The zero-order valence-electron chi connectivity index (χ0n) is 19.2. The molecular formula is C24H25FN6O3S. The lowest BCUT2D eigenvalue weighted by molar-refractivity contribution is 0.0308. The third kappa shape index (κ3) is 5.40. The van der Waals surface area contributed by atoms with Crippen LogP contribution in [0.3, 0.4) is 0 Å². The zero-order valence-corrected chi connectivity index (χ0v) is 20.1. The van der Waals surface area contributed by atoms with Crippen LogP contribution >= 0.6 is 0 Å². The molecule has 11 heteroatoms. The van der Waals surface area contributed by atoms with Crippen molar-refractivity contribution in [2.45, 2.75) is 43.4 Å². The van der Waals surface area contributed by atoms with Gasteiger partial charge in [-0.25, -0.2) is 18.7 Å². The number of halogens is 1. The number of anilines is 1. The van der Waals surface area contributed by atoms with Crippen LogP contribution in [0.1, 0.15) is 40.7 Å². The van der Waals surface area contributed by atoms with E-state index in [4.69, 9.17) is 14.8 Å². The van der Waals surface area contributed by atoms with Crippen molar-refractivity contribution in [2.75, 3.05) is 5.32 Å². The lowest BCUT2D eigenvalue weighted by Crippen LogP contribution is -2.41. The molecule has 1 aliphatic rings. The van der Waals surface area contributed by atoms with Crippen LogP contribution in [0.5, 0.6) is 0 Å². The van der Waals surface area contributed by atoms with Crippen molar-refractivity contribution in [3.63, 3.8) is 0 Å². The van der Waals surface area contributed by atoms with Crippen molar-refractivity contribution in [1.29, 1.82) is 10.0 Å². The van der Waals surface area contributed by atoms with Crippen LogP contribution in [0.4, 0.5) is 10.1 Å². The van der Waals surface area contributed by atoms with E-state index < -0.39 is 21.8 Å². The van der Waals surface area contributed by atoms with Gasteiger partial charge in [-0.15, -0.1) is 0 Å². The summed E-state index contributed by atoms with van der Waals surface area (Å²) in [5.41, 5.74) is 1.63. The number of hydrogen-bond donors (Lipinski definition) is 3. The molecule has 3 N–H and O–H groups in total. The van der Waals surface area contributed by atoms with Crippen LogP contribution < -0.4 is 10.0 Å². The van der Waals surface area contributed by atoms with Gasteiger partial charge in [0.15, 0.2) is 0 Å². The highest BCUT2D eigenvalue weighted by molar-refractivity contribution is 7.90. The summed E-state index contributed by atoms with van der Waals surface area (Å²) in [7, 11) is -1.80. The first kappa shape index (κ1) is 24.5. The number of rotatable bonds is 6. The fraction of sp³-hybridized carbons (Fsp3) is 0.292. The maximum atomic E-state index is 13.7. The summed E-state index contributed by atoms with van der Waals surface area (Å²) in [5.74, 6) is -1.46. The molecule has 4 rings (SSSR count). The predicted molar refractivity (Wildman–Crippen MR) is 127 cm³/mol. The number of aromatic nitrogens is 2. The van der Waals surface area contributed by atoms with Crippen LogP contribution in [0.2, 0.25) is 0 Å². The number of carbonyl (C=O) groups excluding carboxylic acids is 1. The van der Waals surface area contributed by atoms with Gasteiger partial charge in [0.2, 0.25) is 5.95 Å². The second-order valence-electron chi connectivity index (χ2n) is 8.38. The Labute approximate surface area is 203 Å². The molecule has 1 aromatic carbocycles. The van der Waals surface area contributed by atoms with Gasteiger partial charge in [0.05, 0.1) is 17.6 Å². The van der Waals surface area contributed by atoms with Gasteiger partial charge in [-0.3, -0.25) is 4.79 Å². The molecule has 1 amide bonds. The van der Waals surface area contributed by atoms with Crippen molar-refractivity contribution >= 4 is 21.5 Å². The average molecular weight is 497 g/mol. The summed E-state index contributed by atoms with van der Waals surface area (Å²) in [6.07, 6.45) is 2.06. The van der Waals surface area contributed by atoms with Gasteiger partial charge >= 0.3 is 0 Å². The molecule has 182 valence electrons. The molecule has 3 heterocycles. The number of nitrogens with zero attached hydrogens (tertiary/aromatic N) is 3. The molecule has 0 aliphatic carbocycles. The predicted octanol–water partition coefficient (Wildman–Crippen LogP) is 3.51. The second-order valence-corrected chi connectivity index (χ2v) is 10.2. The van der Waals surface area contributed by atoms with Crippen molar-refractivity contribution in [3.8, 4) is 6.07 Å². The van der Waals surface area contributed by atoms with Crippen LogP contribution in [0.25, 0.3) is 0 Å². The Kier molecular flexibility index (Phi) is 6.98. The second kappa shape index (κ2) is 9.95. The Morgan fingerprint density at radius 3 is 2.89 bits per heavy atom. The van der Waals surface area contributed by atoms with Crippen molar-refractivity contribution in [3.05, 3.63) is 77.1 Å². The number of ether oxygens (including phenoxy) is 1. The number of amides is 1. The topological polar surface area (TPSA) is 133 Å². The van der Waals surface area contributed by atoms with Crippen molar-refractivity contribution < 1.29 is 18.1 Å². The molecule has 2 aromatic heterocycles. The van der Waals surface area contributed by atoms with Gasteiger partial charge in [-0.05, 0) is 31.4 Å². The maximum absolute atomic E-state index is 13.7. The van der Waals surface area contributed by atoms with E-state index in [1.807, 2.05) is 37.3 Å². The molecule has 0 fully saturated rings. The number of fused-ring (bicyclic) bond motifs is 1. The third-order valence-corrected chi connectivity index (χ3v) is 7.49. The summed E-state index contributed by atoms with van der Waals surface area (Å²) in [6, 6.07) is 13.3. The first-order valence-corrected chi connectivity index (χ1v) is 12.5.